The SMILES string of the molecule is Cn1c(Cc2c(-c3ccccc3)[nH]c(=S)n2C)c(-c2ccccc2)[nH]c1=S. The van der Waals surface area contributed by atoms with Crippen LogP contribution in [0.3, 0.4) is 0 Å². The van der Waals surface area contributed by atoms with Crippen molar-refractivity contribution in [3.63, 3.8) is 0 Å². The number of nitrogens with zero attached hydrogens (tertiary/aromatic N) is 2. The molecule has 0 bridgehead atoms. The molecular formula is C21H20N4S2. The van der Waals surface area contributed by atoms with Crippen molar-refractivity contribution in [1.29, 1.82) is 0 Å². The third-order valence-electron chi connectivity index (χ3n) is 4.92. The summed E-state index contributed by atoms with van der Waals surface area (Å²) in [5, 5.41) is 0. The van der Waals surface area contributed by atoms with Gasteiger partial charge in [-0.25, -0.2) is 0 Å². The number of hydrogen-bond donors (Lipinski definition) is 2. The van der Waals surface area contributed by atoms with E-state index in [2.05, 4.69) is 34.2 Å². The first-order valence-electron chi connectivity index (χ1n) is 8.73. The van der Waals surface area contributed by atoms with Gasteiger partial charge in [-0.3, -0.25) is 0 Å². The van der Waals surface area contributed by atoms with Gasteiger partial charge in [-0.2, -0.15) is 0 Å². The molecule has 0 saturated heterocycles. The average molecular weight is 393 g/mol. The molecule has 2 N–H and O–H groups in total. The van der Waals surface area contributed by atoms with Gasteiger partial charge in [0, 0.05) is 31.9 Å². The van der Waals surface area contributed by atoms with Crippen LogP contribution in [0.5, 0.6) is 0 Å². The maximum absolute atomic E-state index is 5.51. The Labute approximate surface area is 168 Å². The summed E-state index contributed by atoms with van der Waals surface area (Å²) in [6.45, 7) is 0. The van der Waals surface area contributed by atoms with Crippen LogP contribution in [0.1, 0.15) is 11.4 Å². The Morgan fingerprint density at radius 3 is 1.41 bits per heavy atom. The summed E-state index contributed by atoms with van der Waals surface area (Å²) >= 11 is 11.0. The standard InChI is InChI=1S/C21H20N4S2/c1-24-16(18(22-20(24)26)14-9-5-3-6-10-14)13-17-19(23-21(27)25(17)2)15-11-7-4-8-12-15/h3-12H,13H2,1-2H3,(H,22,26)(H,23,27). The second-order valence-corrected chi connectivity index (χ2v) is 7.30. The Balaban J connectivity index is 1.88. The van der Waals surface area contributed by atoms with Gasteiger partial charge in [-0.05, 0) is 35.6 Å². The normalized spacial score (nSPS) is 11.0. The maximum atomic E-state index is 5.51. The minimum absolute atomic E-state index is 0.710. The van der Waals surface area contributed by atoms with Gasteiger partial charge in [0.05, 0.1) is 11.4 Å². The Morgan fingerprint density at radius 2 is 1.04 bits per heavy atom. The minimum Gasteiger partial charge on any atom is -0.330 e. The molecule has 0 aliphatic carbocycles. The van der Waals surface area contributed by atoms with Crippen LogP contribution in [-0.2, 0) is 20.5 Å². The molecule has 6 heteroatoms. The van der Waals surface area contributed by atoms with Crippen molar-refractivity contribution in [2.24, 2.45) is 14.1 Å². The highest BCUT2D eigenvalue weighted by Crippen LogP contribution is 2.29. The average Bonchev–Trinajstić information content (AvgIpc) is 3.15. The number of rotatable bonds is 4. The number of imidazole rings is 2. The number of aromatic amines is 2. The molecule has 0 atom stereocenters. The molecule has 0 fully saturated rings. The molecule has 4 aromatic rings. The number of H-pyrrole nitrogens is 2. The van der Waals surface area contributed by atoms with Crippen LogP contribution in [0.15, 0.2) is 60.7 Å². The van der Waals surface area contributed by atoms with Gasteiger partial charge in [-0.1, -0.05) is 60.7 Å². The summed E-state index contributed by atoms with van der Waals surface area (Å²) in [5.74, 6) is 0. The Morgan fingerprint density at radius 1 is 0.667 bits per heavy atom. The van der Waals surface area contributed by atoms with Gasteiger partial charge in [0.25, 0.3) is 0 Å². The highest BCUT2D eigenvalue weighted by molar-refractivity contribution is 7.71. The summed E-state index contributed by atoms with van der Waals surface area (Å²) in [6, 6.07) is 20.6. The fourth-order valence-electron chi connectivity index (χ4n) is 3.37. The van der Waals surface area contributed by atoms with E-state index < -0.39 is 0 Å². The molecule has 0 radical (unpaired) electrons. The van der Waals surface area contributed by atoms with Gasteiger partial charge in [0.2, 0.25) is 0 Å². The largest absolute Gasteiger partial charge is 0.330 e. The molecule has 136 valence electrons. The molecule has 2 aromatic carbocycles. The molecule has 0 aliphatic rings. The third kappa shape index (κ3) is 3.22. The van der Waals surface area contributed by atoms with Gasteiger partial charge in [0.15, 0.2) is 9.54 Å². The molecular weight excluding hydrogens is 372 g/mol. The van der Waals surface area contributed by atoms with E-state index >= 15 is 0 Å². The van der Waals surface area contributed by atoms with Crippen molar-refractivity contribution >= 4 is 24.4 Å². The fourth-order valence-corrected chi connectivity index (χ4v) is 3.79. The monoisotopic (exact) mass is 392 g/mol. The zero-order chi connectivity index (χ0) is 19.0. The highest BCUT2D eigenvalue weighted by atomic mass is 32.1. The van der Waals surface area contributed by atoms with Crippen LogP contribution in [-0.4, -0.2) is 19.1 Å². The topological polar surface area (TPSA) is 41.4 Å². The summed E-state index contributed by atoms with van der Waals surface area (Å²) in [5.41, 5.74) is 6.61. The molecule has 2 heterocycles. The zero-order valence-corrected chi connectivity index (χ0v) is 16.8. The van der Waals surface area contributed by atoms with Crippen LogP contribution >= 0.6 is 24.4 Å². The first-order chi connectivity index (χ1) is 13.1. The minimum atomic E-state index is 0.710. The smallest absolute Gasteiger partial charge is 0.177 e. The molecule has 27 heavy (non-hydrogen) atoms. The lowest BCUT2D eigenvalue weighted by atomic mass is 10.0. The number of aromatic nitrogens is 4. The van der Waals surface area contributed by atoms with E-state index in [9.17, 15) is 0 Å². The van der Waals surface area contributed by atoms with Crippen molar-refractivity contribution in [1.82, 2.24) is 19.1 Å². The van der Waals surface area contributed by atoms with Crippen LogP contribution in [0.4, 0.5) is 0 Å². The van der Waals surface area contributed by atoms with Crippen molar-refractivity contribution < 1.29 is 0 Å². The molecule has 0 spiro atoms. The van der Waals surface area contributed by atoms with Gasteiger partial charge in [-0.15, -0.1) is 0 Å². The second-order valence-electron chi connectivity index (χ2n) is 6.53. The van der Waals surface area contributed by atoms with E-state index in [1.807, 2.05) is 59.6 Å². The summed E-state index contributed by atoms with van der Waals surface area (Å²) in [6.07, 6.45) is 0.710. The van der Waals surface area contributed by atoms with E-state index in [4.69, 9.17) is 24.4 Å². The van der Waals surface area contributed by atoms with Crippen LogP contribution in [0.2, 0.25) is 0 Å². The molecule has 4 nitrogen and oxygen atoms in total. The van der Waals surface area contributed by atoms with E-state index in [-0.39, 0.29) is 0 Å². The molecule has 0 aliphatic heterocycles. The zero-order valence-electron chi connectivity index (χ0n) is 15.2. The van der Waals surface area contributed by atoms with Gasteiger partial charge < -0.3 is 19.1 Å². The third-order valence-corrected chi connectivity index (χ3v) is 5.67. The lowest BCUT2D eigenvalue weighted by molar-refractivity contribution is 0.783. The Kier molecular flexibility index (Phi) is 4.68. The van der Waals surface area contributed by atoms with Gasteiger partial charge >= 0.3 is 0 Å². The van der Waals surface area contributed by atoms with Crippen LogP contribution in [0.25, 0.3) is 22.5 Å². The molecule has 0 amide bonds. The fraction of sp³-hybridized carbons (Fsp3) is 0.143. The molecule has 0 unspecified atom stereocenters. The van der Waals surface area contributed by atoms with E-state index in [1.54, 1.807) is 0 Å². The first kappa shape index (κ1) is 17.7. The van der Waals surface area contributed by atoms with Crippen LogP contribution in [0, 0.1) is 9.54 Å². The lowest BCUT2D eigenvalue weighted by Gasteiger charge is -2.10. The quantitative estimate of drug-likeness (QED) is 0.456. The van der Waals surface area contributed by atoms with E-state index in [0.717, 1.165) is 33.9 Å². The summed E-state index contributed by atoms with van der Waals surface area (Å²) in [4.78, 5) is 6.73. The highest BCUT2D eigenvalue weighted by Gasteiger charge is 2.18. The van der Waals surface area contributed by atoms with Crippen molar-refractivity contribution in [2.75, 3.05) is 0 Å². The van der Waals surface area contributed by atoms with Gasteiger partial charge in [0.1, 0.15) is 0 Å². The predicted molar refractivity (Wildman–Crippen MR) is 115 cm³/mol. The Hall–Kier alpha value is -2.70. The van der Waals surface area contributed by atoms with Crippen molar-refractivity contribution in [2.45, 2.75) is 6.42 Å². The Bertz CT molecular complexity index is 1100. The molecule has 4 rings (SSSR count). The van der Waals surface area contributed by atoms with Crippen molar-refractivity contribution in [3.8, 4) is 22.5 Å². The van der Waals surface area contributed by atoms with Crippen LogP contribution < -0.4 is 0 Å². The predicted octanol–water partition coefficient (Wildman–Crippen LogP) is 5.40. The first-order valence-corrected chi connectivity index (χ1v) is 9.54. The molecule has 2 aromatic heterocycles. The molecule has 0 saturated carbocycles. The summed E-state index contributed by atoms with van der Waals surface area (Å²) in [7, 11) is 4.01. The van der Waals surface area contributed by atoms with E-state index in [0.29, 0.717) is 16.0 Å². The van der Waals surface area contributed by atoms with Crippen molar-refractivity contribution in [3.05, 3.63) is 81.6 Å². The number of hydrogen-bond acceptors (Lipinski definition) is 2. The number of benzene rings is 2. The van der Waals surface area contributed by atoms with E-state index in [1.165, 1.54) is 0 Å². The maximum Gasteiger partial charge on any atom is 0.177 e. The lowest BCUT2D eigenvalue weighted by Crippen LogP contribution is -2.05. The number of nitrogens with one attached hydrogen (secondary N) is 2. The second kappa shape index (κ2) is 7.13. The summed E-state index contributed by atoms with van der Waals surface area (Å²) < 4.78 is 5.51.